The van der Waals surface area contributed by atoms with E-state index in [2.05, 4.69) is 6.92 Å². The lowest BCUT2D eigenvalue weighted by molar-refractivity contribution is -0.239. The third-order valence-corrected chi connectivity index (χ3v) is 7.91. The van der Waals surface area contributed by atoms with Gasteiger partial charge in [0.2, 0.25) is 5.82 Å². The normalized spacial score (nSPS) is 34.3. The van der Waals surface area contributed by atoms with Crippen molar-refractivity contribution in [1.29, 1.82) is 0 Å². The summed E-state index contributed by atoms with van der Waals surface area (Å²) in [6.07, 6.45) is 8.27. The fourth-order valence-corrected chi connectivity index (χ4v) is 6.24. The van der Waals surface area contributed by atoms with Crippen LogP contribution in [0.15, 0.2) is 12.1 Å². The van der Waals surface area contributed by atoms with E-state index in [1.807, 2.05) is 0 Å². The smallest absolute Gasteiger partial charge is 0.401 e. The molecule has 2 nitrogen and oxygen atoms in total. The Kier molecular flexibility index (Phi) is 6.04. The van der Waals surface area contributed by atoms with Gasteiger partial charge in [0, 0.05) is 0 Å². The summed E-state index contributed by atoms with van der Waals surface area (Å²) in [6.45, 7) is 2.26. The highest BCUT2D eigenvalue weighted by Crippen LogP contribution is 2.50. The number of phenolic OH excluding ortho intramolecular Hbond substituents is 1. The molecule has 1 heterocycles. The first kappa shape index (κ1) is 20.9. The zero-order valence-electron chi connectivity index (χ0n) is 17.3. The molecule has 2 aliphatic carbocycles. The average Bonchev–Trinajstić information content (AvgIpc) is 2.71. The van der Waals surface area contributed by atoms with Gasteiger partial charge in [0.15, 0.2) is 11.5 Å². The lowest BCUT2D eigenvalue weighted by Gasteiger charge is -2.42. The Bertz CT molecular complexity index is 704. The molecule has 1 aromatic carbocycles. The Labute approximate surface area is 171 Å². The molecular formula is C24H33F3O2. The van der Waals surface area contributed by atoms with Gasteiger partial charge in [0.25, 0.3) is 0 Å². The van der Waals surface area contributed by atoms with E-state index < -0.39 is 29.3 Å². The van der Waals surface area contributed by atoms with Crippen LogP contribution in [-0.4, -0.2) is 11.2 Å². The molecule has 2 saturated carbocycles. The molecule has 5 heteroatoms. The van der Waals surface area contributed by atoms with Crippen molar-refractivity contribution in [3.8, 4) is 11.5 Å². The first-order valence-corrected chi connectivity index (χ1v) is 11.5. The van der Waals surface area contributed by atoms with E-state index in [0.717, 1.165) is 37.5 Å². The summed E-state index contributed by atoms with van der Waals surface area (Å²) in [7, 11) is 0. The van der Waals surface area contributed by atoms with E-state index in [1.165, 1.54) is 50.7 Å². The van der Waals surface area contributed by atoms with Crippen LogP contribution in [0.1, 0.15) is 76.7 Å². The molecule has 162 valence electrons. The zero-order chi connectivity index (χ0) is 20.6. The number of alkyl halides is 2. The molecule has 1 aliphatic heterocycles. The second-order valence-electron chi connectivity index (χ2n) is 9.61. The van der Waals surface area contributed by atoms with Crippen molar-refractivity contribution >= 4 is 0 Å². The Morgan fingerprint density at radius 1 is 0.966 bits per heavy atom. The summed E-state index contributed by atoms with van der Waals surface area (Å²) in [5, 5.41) is 9.46. The summed E-state index contributed by atoms with van der Waals surface area (Å²) in [6, 6.07) is 2.74. The molecule has 0 bridgehead atoms. The summed E-state index contributed by atoms with van der Waals surface area (Å²) in [5.41, 5.74) is 0.438. The topological polar surface area (TPSA) is 29.5 Å². The number of benzene rings is 1. The van der Waals surface area contributed by atoms with Gasteiger partial charge in [0.1, 0.15) is 0 Å². The molecule has 29 heavy (non-hydrogen) atoms. The molecule has 1 unspecified atom stereocenters. The maximum Gasteiger partial charge on any atom is 0.401 e. The molecule has 0 saturated heterocycles. The number of hydrogen-bond donors (Lipinski definition) is 1. The van der Waals surface area contributed by atoms with E-state index >= 15 is 0 Å². The van der Waals surface area contributed by atoms with Crippen LogP contribution in [0.4, 0.5) is 13.2 Å². The number of fused-ring (bicyclic) bond motifs is 1. The first-order valence-electron chi connectivity index (χ1n) is 11.5. The van der Waals surface area contributed by atoms with Gasteiger partial charge >= 0.3 is 6.11 Å². The van der Waals surface area contributed by atoms with Crippen LogP contribution < -0.4 is 4.74 Å². The highest BCUT2D eigenvalue weighted by atomic mass is 19.3. The van der Waals surface area contributed by atoms with Gasteiger partial charge in [-0.25, -0.2) is 0 Å². The van der Waals surface area contributed by atoms with Crippen LogP contribution in [0, 0.1) is 35.4 Å². The van der Waals surface area contributed by atoms with Gasteiger partial charge in [-0.1, -0.05) is 38.7 Å². The van der Waals surface area contributed by atoms with Crippen LogP contribution >= 0.6 is 0 Å². The fraction of sp³-hybridized carbons (Fsp3) is 0.750. The molecule has 0 spiro atoms. The van der Waals surface area contributed by atoms with E-state index in [1.54, 1.807) is 0 Å². The van der Waals surface area contributed by atoms with E-state index in [0.29, 0.717) is 11.5 Å². The standard InChI is InChI=1S/C24H33F3O2/c1-2-3-15-4-6-16(7-5-15)17-8-10-18(11-9-17)20-14-19-12-13-21(28)22(25)23(19)29-24(20,26)27/h12-13,15-18,20,28H,2-11,14H2,1H3. The van der Waals surface area contributed by atoms with E-state index in [-0.39, 0.29) is 12.3 Å². The average molecular weight is 411 g/mol. The Morgan fingerprint density at radius 3 is 2.17 bits per heavy atom. The van der Waals surface area contributed by atoms with E-state index in [9.17, 15) is 18.3 Å². The Balaban J connectivity index is 1.36. The predicted octanol–water partition coefficient (Wildman–Crippen LogP) is 7.09. The number of hydrogen-bond acceptors (Lipinski definition) is 2. The zero-order valence-corrected chi connectivity index (χ0v) is 17.3. The fourth-order valence-electron chi connectivity index (χ4n) is 6.24. The Hall–Kier alpha value is -1.39. The predicted molar refractivity (Wildman–Crippen MR) is 107 cm³/mol. The Morgan fingerprint density at radius 2 is 1.55 bits per heavy atom. The van der Waals surface area contributed by atoms with E-state index in [4.69, 9.17) is 4.74 Å². The van der Waals surface area contributed by atoms with Crippen molar-refractivity contribution < 1.29 is 23.0 Å². The highest BCUT2D eigenvalue weighted by Gasteiger charge is 2.51. The summed E-state index contributed by atoms with van der Waals surface area (Å²) in [5.74, 6) is -0.883. The number of rotatable bonds is 4. The van der Waals surface area contributed by atoms with Crippen molar-refractivity contribution in [3.05, 3.63) is 23.5 Å². The quantitative estimate of drug-likeness (QED) is 0.574. The molecule has 2 fully saturated rings. The van der Waals surface area contributed by atoms with Gasteiger partial charge in [-0.05, 0) is 80.2 Å². The summed E-state index contributed by atoms with van der Waals surface area (Å²) < 4.78 is 48.3. The summed E-state index contributed by atoms with van der Waals surface area (Å²) in [4.78, 5) is 0. The van der Waals surface area contributed by atoms with Crippen LogP contribution in [0.5, 0.6) is 11.5 Å². The largest absolute Gasteiger partial charge is 0.505 e. The lowest BCUT2D eigenvalue weighted by Crippen LogP contribution is -2.45. The number of ether oxygens (including phenoxy) is 1. The van der Waals surface area contributed by atoms with Crippen molar-refractivity contribution in [1.82, 2.24) is 0 Å². The van der Waals surface area contributed by atoms with Gasteiger partial charge in [-0.15, -0.1) is 0 Å². The molecule has 1 atom stereocenters. The molecule has 0 aromatic heterocycles. The van der Waals surface area contributed by atoms with Crippen molar-refractivity contribution in [3.63, 3.8) is 0 Å². The van der Waals surface area contributed by atoms with Crippen molar-refractivity contribution in [2.24, 2.45) is 29.6 Å². The lowest BCUT2D eigenvalue weighted by atomic mass is 9.66. The third-order valence-electron chi connectivity index (χ3n) is 7.91. The number of halogens is 3. The third kappa shape index (κ3) is 4.25. The molecule has 0 amide bonds. The van der Waals surface area contributed by atoms with Gasteiger partial charge in [-0.2, -0.15) is 13.2 Å². The van der Waals surface area contributed by atoms with Crippen LogP contribution in [0.2, 0.25) is 0 Å². The van der Waals surface area contributed by atoms with Crippen LogP contribution in [0.25, 0.3) is 0 Å². The molecule has 0 radical (unpaired) electrons. The van der Waals surface area contributed by atoms with Gasteiger partial charge in [0.05, 0.1) is 5.92 Å². The molecular weight excluding hydrogens is 377 g/mol. The second-order valence-corrected chi connectivity index (χ2v) is 9.61. The minimum absolute atomic E-state index is 0.0947. The van der Waals surface area contributed by atoms with Crippen LogP contribution in [0.3, 0.4) is 0 Å². The maximum absolute atomic E-state index is 14.7. The monoisotopic (exact) mass is 410 g/mol. The SMILES string of the molecule is CCCC1CCC(C2CCC(C3Cc4ccc(O)c(F)c4OC3(F)F)CC2)CC1. The molecule has 3 aliphatic rings. The minimum Gasteiger partial charge on any atom is -0.505 e. The van der Waals surface area contributed by atoms with Gasteiger partial charge < -0.3 is 9.84 Å². The molecule has 1 aromatic rings. The van der Waals surface area contributed by atoms with Crippen molar-refractivity contribution in [2.75, 3.05) is 0 Å². The highest BCUT2D eigenvalue weighted by molar-refractivity contribution is 5.44. The number of phenols is 1. The second kappa shape index (κ2) is 8.39. The van der Waals surface area contributed by atoms with Crippen molar-refractivity contribution in [2.45, 2.75) is 83.7 Å². The maximum atomic E-state index is 14.7. The van der Waals surface area contributed by atoms with Crippen LogP contribution in [-0.2, 0) is 6.42 Å². The molecule has 1 N–H and O–H groups in total. The first-order chi connectivity index (χ1) is 13.9. The molecule has 4 rings (SSSR count). The van der Waals surface area contributed by atoms with Gasteiger partial charge in [-0.3, -0.25) is 0 Å². The number of aromatic hydroxyl groups is 1. The minimum atomic E-state index is -3.39. The summed E-state index contributed by atoms with van der Waals surface area (Å²) >= 11 is 0.